The summed E-state index contributed by atoms with van der Waals surface area (Å²) in [4.78, 5) is 0. The van der Waals surface area contributed by atoms with Gasteiger partial charge in [-0.15, -0.1) is 0 Å². The number of hydrogen-bond donors (Lipinski definition) is 1. The highest BCUT2D eigenvalue weighted by Gasteiger charge is 2.36. The minimum Gasteiger partial charge on any atom is -0.273 e. The Balaban J connectivity index is 2.09. The maximum Gasteiger partial charge on any atom is 0.235 e. The number of rotatable bonds is 0. The fraction of sp³-hybridized carbons (Fsp3) is 1.00. The van der Waals surface area contributed by atoms with E-state index in [1.165, 1.54) is 6.42 Å². The summed E-state index contributed by atoms with van der Waals surface area (Å²) in [5, 5.41) is 0. The first-order valence-electron chi connectivity index (χ1n) is 3.21. The van der Waals surface area contributed by atoms with Gasteiger partial charge >= 0.3 is 0 Å². The van der Waals surface area contributed by atoms with Gasteiger partial charge in [-0.25, -0.2) is 8.93 Å². The summed E-state index contributed by atoms with van der Waals surface area (Å²) < 4.78 is 18.5. The Hall–Kier alpha value is 0.0700. The normalized spacial score (nSPS) is 49.6. The largest absolute Gasteiger partial charge is 0.273 e. The maximum atomic E-state index is 10.6. The molecule has 1 saturated heterocycles. The van der Waals surface area contributed by atoms with E-state index in [-0.39, 0.29) is 6.10 Å². The highest BCUT2D eigenvalue weighted by atomic mass is 32.2. The maximum absolute atomic E-state index is 10.6. The van der Waals surface area contributed by atoms with Crippen molar-refractivity contribution in [1.82, 2.24) is 4.72 Å². The quantitative estimate of drug-likeness (QED) is 0.528. The average molecular weight is 147 g/mol. The second-order valence-electron chi connectivity index (χ2n) is 2.52. The molecule has 1 unspecified atom stereocenters. The van der Waals surface area contributed by atoms with Gasteiger partial charge < -0.3 is 0 Å². The third kappa shape index (κ3) is 0.911. The van der Waals surface area contributed by atoms with E-state index in [0.717, 1.165) is 12.8 Å². The first-order valence-corrected chi connectivity index (χ1v) is 4.29. The van der Waals surface area contributed by atoms with Crippen LogP contribution in [0.1, 0.15) is 19.3 Å². The van der Waals surface area contributed by atoms with E-state index in [9.17, 15) is 4.21 Å². The van der Waals surface area contributed by atoms with Crippen LogP contribution in [0.3, 0.4) is 0 Å². The molecule has 2 fully saturated rings. The molecule has 0 aromatic rings. The molecule has 3 atom stereocenters. The zero-order valence-corrected chi connectivity index (χ0v) is 5.82. The summed E-state index contributed by atoms with van der Waals surface area (Å²) in [6, 6.07) is 0.380. The van der Waals surface area contributed by atoms with Crippen LogP contribution in [0, 0.1) is 0 Å². The van der Waals surface area contributed by atoms with Crippen LogP contribution in [-0.2, 0) is 15.4 Å². The number of nitrogens with one attached hydrogen (secondary N) is 1. The molecule has 0 radical (unpaired) electrons. The van der Waals surface area contributed by atoms with Crippen molar-refractivity contribution in [2.24, 2.45) is 0 Å². The van der Waals surface area contributed by atoms with Crippen LogP contribution in [-0.4, -0.2) is 16.4 Å². The van der Waals surface area contributed by atoms with Gasteiger partial charge in [0.25, 0.3) is 0 Å². The summed E-state index contributed by atoms with van der Waals surface area (Å²) in [6.07, 6.45) is 3.64. The van der Waals surface area contributed by atoms with Gasteiger partial charge in [-0.3, -0.25) is 4.18 Å². The molecule has 1 N–H and O–H groups in total. The molecule has 4 heteroatoms. The standard InChI is InChI=1S/C5H9NO2S/c7-9-6-4-2-1-3-5(4)8-9/h4-6H,1-3H2/t4-,5+,9?/m0/s1. The second kappa shape index (κ2) is 2.04. The minimum absolute atomic E-state index is 0.242. The van der Waals surface area contributed by atoms with Gasteiger partial charge in [0.15, 0.2) is 0 Å². The van der Waals surface area contributed by atoms with Crippen LogP contribution in [0.15, 0.2) is 0 Å². The van der Waals surface area contributed by atoms with E-state index >= 15 is 0 Å². The molecule has 1 heterocycles. The van der Waals surface area contributed by atoms with E-state index in [4.69, 9.17) is 4.18 Å². The van der Waals surface area contributed by atoms with E-state index in [1.54, 1.807) is 0 Å². The molecule has 3 nitrogen and oxygen atoms in total. The van der Waals surface area contributed by atoms with E-state index < -0.39 is 11.3 Å². The lowest BCUT2D eigenvalue weighted by Crippen LogP contribution is -2.24. The lowest BCUT2D eigenvalue weighted by Gasteiger charge is -2.00. The predicted molar refractivity (Wildman–Crippen MR) is 33.8 cm³/mol. The summed E-state index contributed by atoms with van der Waals surface area (Å²) in [5.74, 6) is 0. The molecule has 52 valence electrons. The Kier molecular flexibility index (Phi) is 1.32. The molecular weight excluding hydrogens is 138 g/mol. The van der Waals surface area contributed by atoms with Crippen LogP contribution >= 0.6 is 0 Å². The molecule has 0 aromatic heterocycles. The van der Waals surface area contributed by atoms with Gasteiger partial charge in [-0.05, 0) is 19.3 Å². The Bertz CT molecular complexity index is 136. The van der Waals surface area contributed by atoms with Crippen LogP contribution in [0.2, 0.25) is 0 Å². The molecule has 2 rings (SSSR count). The fourth-order valence-corrected chi connectivity index (χ4v) is 2.47. The molecule has 0 spiro atoms. The summed E-state index contributed by atoms with van der Waals surface area (Å²) in [5.41, 5.74) is 0. The SMILES string of the molecule is O=S1N[C@H]2CCC[C@H]2O1. The number of hydrogen-bond acceptors (Lipinski definition) is 2. The third-order valence-corrected chi connectivity index (χ3v) is 2.83. The Labute approximate surface area is 56.6 Å². The van der Waals surface area contributed by atoms with E-state index in [0.29, 0.717) is 6.04 Å². The summed E-state index contributed by atoms with van der Waals surface area (Å²) in [7, 11) is 0. The molecule has 0 bridgehead atoms. The topological polar surface area (TPSA) is 38.3 Å². The number of fused-ring (bicyclic) bond motifs is 1. The van der Waals surface area contributed by atoms with Gasteiger partial charge in [0.05, 0.1) is 6.10 Å². The molecular formula is C5H9NO2S. The van der Waals surface area contributed by atoms with Crippen molar-refractivity contribution in [3.63, 3.8) is 0 Å². The van der Waals surface area contributed by atoms with Crippen molar-refractivity contribution in [1.29, 1.82) is 0 Å². The van der Waals surface area contributed by atoms with E-state index in [1.807, 2.05) is 0 Å². The molecule has 1 saturated carbocycles. The first kappa shape index (κ1) is 5.82. The molecule has 0 amide bonds. The molecule has 9 heavy (non-hydrogen) atoms. The lowest BCUT2D eigenvalue weighted by molar-refractivity contribution is 0.246. The summed E-state index contributed by atoms with van der Waals surface area (Å²) >= 11 is -1.18. The van der Waals surface area contributed by atoms with Crippen molar-refractivity contribution in [3.8, 4) is 0 Å². The van der Waals surface area contributed by atoms with Crippen molar-refractivity contribution in [2.75, 3.05) is 0 Å². The van der Waals surface area contributed by atoms with Gasteiger partial charge in [0, 0.05) is 6.04 Å². The van der Waals surface area contributed by atoms with Crippen molar-refractivity contribution >= 4 is 11.3 Å². The highest BCUT2D eigenvalue weighted by molar-refractivity contribution is 7.78. The van der Waals surface area contributed by atoms with Crippen molar-refractivity contribution in [2.45, 2.75) is 31.4 Å². The van der Waals surface area contributed by atoms with Crippen LogP contribution < -0.4 is 4.72 Å². The van der Waals surface area contributed by atoms with Gasteiger partial charge in [-0.1, -0.05) is 0 Å². The molecule has 1 aliphatic heterocycles. The van der Waals surface area contributed by atoms with Gasteiger partial charge in [0.2, 0.25) is 11.3 Å². The molecule has 2 aliphatic rings. The Morgan fingerprint density at radius 1 is 1.56 bits per heavy atom. The Morgan fingerprint density at radius 2 is 2.44 bits per heavy atom. The zero-order valence-electron chi connectivity index (χ0n) is 5.00. The smallest absolute Gasteiger partial charge is 0.235 e. The zero-order chi connectivity index (χ0) is 6.27. The molecule has 1 aliphatic carbocycles. The first-order chi connectivity index (χ1) is 4.36. The monoisotopic (exact) mass is 147 g/mol. The fourth-order valence-electron chi connectivity index (χ4n) is 1.44. The average Bonchev–Trinajstić information content (AvgIpc) is 2.22. The van der Waals surface area contributed by atoms with Crippen molar-refractivity contribution in [3.05, 3.63) is 0 Å². The molecule has 0 aromatic carbocycles. The highest BCUT2D eigenvalue weighted by Crippen LogP contribution is 2.26. The predicted octanol–water partition coefficient (Wildman–Crippen LogP) is 0.106. The lowest BCUT2D eigenvalue weighted by atomic mass is 10.2. The Morgan fingerprint density at radius 3 is 3.22 bits per heavy atom. The van der Waals surface area contributed by atoms with Crippen LogP contribution in [0.5, 0.6) is 0 Å². The van der Waals surface area contributed by atoms with Gasteiger partial charge in [-0.2, -0.15) is 0 Å². The van der Waals surface area contributed by atoms with Crippen molar-refractivity contribution < 1.29 is 8.39 Å². The minimum atomic E-state index is -1.18. The van der Waals surface area contributed by atoms with Crippen LogP contribution in [0.25, 0.3) is 0 Å². The van der Waals surface area contributed by atoms with Gasteiger partial charge in [0.1, 0.15) is 0 Å². The third-order valence-electron chi connectivity index (χ3n) is 1.91. The van der Waals surface area contributed by atoms with Crippen LogP contribution in [0.4, 0.5) is 0 Å². The second-order valence-corrected chi connectivity index (χ2v) is 3.42. The summed E-state index contributed by atoms with van der Waals surface area (Å²) in [6.45, 7) is 0. The van der Waals surface area contributed by atoms with E-state index in [2.05, 4.69) is 4.72 Å².